The Morgan fingerprint density at radius 2 is 1.89 bits per heavy atom. The van der Waals surface area contributed by atoms with E-state index in [9.17, 15) is 4.79 Å². The third kappa shape index (κ3) is 3.31. The Bertz CT molecular complexity index is 482. The summed E-state index contributed by atoms with van der Waals surface area (Å²) in [7, 11) is 2.13. The highest BCUT2D eigenvalue weighted by Crippen LogP contribution is 2.22. The average Bonchev–Trinajstić information content (AvgIpc) is 2.37. The van der Waals surface area contributed by atoms with Gasteiger partial charge in [0.1, 0.15) is 0 Å². The Morgan fingerprint density at radius 3 is 2.47 bits per heavy atom. The number of carbonyl (C=O) groups excluding carboxylic acids is 1. The second-order valence-electron chi connectivity index (χ2n) is 5.20. The molecular formula is C14H18BrIN2O. The van der Waals surface area contributed by atoms with Gasteiger partial charge in [0.25, 0.3) is 5.91 Å². The number of hydrogen-bond donors (Lipinski definition) is 0. The zero-order valence-corrected chi connectivity index (χ0v) is 15.1. The van der Waals surface area contributed by atoms with Gasteiger partial charge >= 0.3 is 0 Å². The van der Waals surface area contributed by atoms with Crippen molar-refractivity contribution in [2.45, 2.75) is 25.9 Å². The zero-order valence-electron chi connectivity index (χ0n) is 11.4. The summed E-state index contributed by atoms with van der Waals surface area (Å²) >= 11 is 5.66. The number of halogens is 2. The van der Waals surface area contributed by atoms with Crippen molar-refractivity contribution >= 4 is 44.4 Å². The van der Waals surface area contributed by atoms with E-state index in [-0.39, 0.29) is 5.91 Å². The number of piperazine rings is 1. The largest absolute Gasteiger partial charge is 0.335 e. The van der Waals surface area contributed by atoms with Crippen molar-refractivity contribution in [1.29, 1.82) is 0 Å². The van der Waals surface area contributed by atoms with E-state index in [4.69, 9.17) is 0 Å². The van der Waals surface area contributed by atoms with Gasteiger partial charge in [-0.1, -0.05) is 15.9 Å². The lowest BCUT2D eigenvalue weighted by atomic mass is 10.1. The molecule has 1 aliphatic rings. The summed E-state index contributed by atoms with van der Waals surface area (Å²) in [6.45, 7) is 5.92. The van der Waals surface area contributed by atoms with Crippen LogP contribution >= 0.6 is 38.5 Å². The van der Waals surface area contributed by atoms with Crippen LogP contribution in [-0.4, -0.2) is 47.9 Å². The highest BCUT2D eigenvalue weighted by molar-refractivity contribution is 14.1. The molecular weight excluding hydrogens is 419 g/mol. The van der Waals surface area contributed by atoms with Crippen molar-refractivity contribution in [3.63, 3.8) is 0 Å². The molecule has 2 atom stereocenters. The molecule has 19 heavy (non-hydrogen) atoms. The van der Waals surface area contributed by atoms with Crippen LogP contribution in [0.25, 0.3) is 0 Å². The maximum absolute atomic E-state index is 12.7. The van der Waals surface area contributed by atoms with Gasteiger partial charge in [-0.15, -0.1) is 0 Å². The fourth-order valence-corrected chi connectivity index (χ4v) is 3.33. The summed E-state index contributed by atoms with van der Waals surface area (Å²) in [5, 5.41) is 0. The van der Waals surface area contributed by atoms with Gasteiger partial charge in [-0.3, -0.25) is 9.69 Å². The van der Waals surface area contributed by atoms with E-state index in [0.717, 1.165) is 26.7 Å². The number of carbonyl (C=O) groups is 1. The van der Waals surface area contributed by atoms with Crippen molar-refractivity contribution in [2.24, 2.45) is 0 Å². The topological polar surface area (TPSA) is 23.6 Å². The van der Waals surface area contributed by atoms with Gasteiger partial charge in [-0.05, 0) is 61.7 Å². The van der Waals surface area contributed by atoms with E-state index in [2.05, 4.69) is 64.3 Å². The highest BCUT2D eigenvalue weighted by atomic mass is 127. The van der Waals surface area contributed by atoms with E-state index in [0.29, 0.717) is 12.1 Å². The van der Waals surface area contributed by atoms with E-state index in [1.165, 1.54) is 0 Å². The minimum Gasteiger partial charge on any atom is -0.335 e. The molecule has 1 aromatic rings. The summed E-state index contributed by atoms with van der Waals surface area (Å²) in [6.07, 6.45) is 0. The Morgan fingerprint density at radius 1 is 1.32 bits per heavy atom. The first-order chi connectivity index (χ1) is 8.90. The van der Waals surface area contributed by atoms with Crippen LogP contribution in [0.1, 0.15) is 24.2 Å². The third-order valence-corrected chi connectivity index (χ3v) is 5.24. The molecule has 2 unspecified atom stereocenters. The van der Waals surface area contributed by atoms with Crippen molar-refractivity contribution in [3.05, 3.63) is 31.8 Å². The maximum atomic E-state index is 12.7. The number of benzene rings is 1. The fraction of sp³-hybridized carbons (Fsp3) is 0.500. The molecule has 1 saturated heterocycles. The molecule has 1 amide bonds. The van der Waals surface area contributed by atoms with Crippen LogP contribution in [0.5, 0.6) is 0 Å². The van der Waals surface area contributed by atoms with Crippen LogP contribution in [-0.2, 0) is 0 Å². The first-order valence-electron chi connectivity index (χ1n) is 6.36. The van der Waals surface area contributed by atoms with Crippen molar-refractivity contribution in [3.8, 4) is 0 Å². The molecule has 0 bridgehead atoms. The van der Waals surface area contributed by atoms with Gasteiger partial charge in [-0.25, -0.2) is 0 Å². The van der Waals surface area contributed by atoms with Crippen molar-refractivity contribution in [2.75, 3.05) is 20.1 Å². The smallest absolute Gasteiger partial charge is 0.255 e. The summed E-state index contributed by atoms with van der Waals surface area (Å²) in [5.74, 6) is 0.137. The van der Waals surface area contributed by atoms with Gasteiger partial charge in [0.2, 0.25) is 0 Å². The molecule has 2 rings (SSSR count). The molecule has 104 valence electrons. The molecule has 1 fully saturated rings. The quantitative estimate of drug-likeness (QED) is 0.631. The molecule has 1 heterocycles. The summed E-state index contributed by atoms with van der Waals surface area (Å²) in [4.78, 5) is 17.0. The molecule has 0 aromatic heterocycles. The molecule has 1 aromatic carbocycles. The number of likely N-dealkylation sites (N-methyl/N-ethyl adjacent to an activating group) is 1. The van der Waals surface area contributed by atoms with Crippen LogP contribution in [0, 0.1) is 3.57 Å². The monoisotopic (exact) mass is 436 g/mol. The van der Waals surface area contributed by atoms with Gasteiger partial charge < -0.3 is 4.90 Å². The Balaban J connectivity index is 2.22. The van der Waals surface area contributed by atoms with Crippen LogP contribution in [0.2, 0.25) is 0 Å². The lowest BCUT2D eigenvalue weighted by molar-refractivity contribution is 0.0413. The Kier molecular flexibility index (Phi) is 4.89. The Labute approximate surface area is 136 Å². The van der Waals surface area contributed by atoms with Gasteiger partial charge in [-0.2, -0.15) is 0 Å². The summed E-state index contributed by atoms with van der Waals surface area (Å²) in [6, 6.07) is 6.65. The molecule has 5 heteroatoms. The molecule has 0 N–H and O–H groups in total. The normalized spacial score (nSPS) is 24.6. The SMILES string of the molecule is CC1CN(C(=O)c2cc(Br)ccc2I)CC(C)N1C. The first-order valence-corrected chi connectivity index (χ1v) is 8.23. The molecule has 0 saturated carbocycles. The summed E-state index contributed by atoms with van der Waals surface area (Å²) in [5.41, 5.74) is 0.791. The zero-order chi connectivity index (χ0) is 14.2. The van der Waals surface area contributed by atoms with Crippen LogP contribution in [0.3, 0.4) is 0 Å². The molecule has 3 nitrogen and oxygen atoms in total. The number of nitrogens with zero attached hydrogens (tertiary/aromatic N) is 2. The summed E-state index contributed by atoms with van der Waals surface area (Å²) < 4.78 is 1.96. The lowest BCUT2D eigenvalue weighted by Gasteiger charge is -2.42. The minimum atomic E-state index is 0.137. The molecule has 0 aliphatic carbocycles. The second kappa shape index (κ2) is 6.10. The first kappa shape index (κ1) is 15.3. The minimum absolute atomic E-state index is 0.137. The predicted octanol–water partition coefficient (Wildman–Crippen LogP) is 3.22. The molecule has 0 radical (unpaired) electrons. The molecule has 0 spiro atoms. The highest BCUT2D eigenvalue weighted by Gasteiger charge is 2.30. The number of rotatable bonds is 1. The van der Waals surface area contributed by atoms with E-state index in [1.807, 2.05) is 23.1 Å². The average molecular weight is 437 g/mol. The van der Waals surface area contributed by atoms with E-state index < -0.39 is 0 Å². The van der Waals surface area contributed by atoms with Crippen LogP contribution in [0.4, 0.5) is 0 Å². The van der Waals surface area contributed by atoms with E-state index in [1.54, 1.807) is 0 Å². The van der Waals surface area contributed by atoms with Crippen molar-refractivity contribution < 1.29 is 4.79 Å². The number of amides is 1. The fourth-order valence-electron chi connectivity index (χ4n) is 2.40. The Hall–Kier alpha value is -0.140. The standard InChI is InChI=1S/C14H18BrIN2O/c1-9-7-18(8-10(2)17(9)3)14(19)12-6-11(15)4-5-13(12)16/h4-6,9-10H,7-8H2,1-3H3. The third-order valence-electron chi connectivity index (χ3n) is 3.81. The molecule has 1 aliphatic heterocycles. The van der Waals surface area contributed by atoms with Crippen molar-refractivity contribution in [1.82, 2.24) is 9.80 Å². The van der Waals surface area contributed by atoms with Crippen LogP contribution < -0.4 is 0 Å². The van der Waals surface area contributed by atoms with E-state index >= 15 is 0 Å². The second-order valence-corrected chi connectivity index (χ2v) is 7.28. The lowest BCUT2D eigenvalue weighted by Crippen LogP contribution is -2.56. The van der Waals surface area contributed by atoms with Gasteiger partial charge in [0.05, 0.1) is 5.56 Å². The van der Waals surface area contributed by atoms with Gasteiger partial charge in [0, 0.05) is 33.2 Å². The van der Waals surface area contributed by atoms with Crippen LogP contribution in [0.15, 0.2) is 22.7 Å². The predicted molar refractivity (Wildman–Crippen MR) is 89.4 cm³/mol. The van der Waals surface area contributed by atoms with Gasteiger partial charge in [0.15, 0.2) is 0 Å². The maximum Gasteiger partial charge on any atom is 0.255 e. The number of hydrogen-bond acceptors (Lipinski definition) is 2.